The third-order valence-electron chi connectivity index (χ3n) is 3.97. The Hall–Kier alpha value is -1.62. The van der Waals surface area contributed by atoms with Gasteiger partial charge in [-0.1, -0.05) is 12.1 Å². The van der Waals surface area contributed by atoms with Gasteiger partial charge in [0.05, 0.1) is 0 Å². The van der Waals surface area contributed by atoms with Crippen molar-refractivity contribution in [3.8, 4) is 0 Å². The molecule has 0 radical (unpaired) electrons. The summed E-state index contributed by atoms with van der Waals surface area (Å²) in [6, 6.07) is 6.62. The number of benzene rings is 1. The van der Waals surface area contributed by atoms with E-state index in [1.54, 1.807) is 13.1 Å². The molecule has 1 aliphatic rings. The molecule has 1 aromatic rings. The van der Waals surface area contributed by atoms with Crippen LogP contribution in [0.2, 0.25) is 0 Å². The lowest BCUT2D eigenvalue weighted by molar-refractivity contribution is 0.220. The van der Waals surface area contributed by atoms with Gasteiger partial charge in [-0.25, -0.2) is 4.39 Å². The number of hydrogen-bond acceptors (Lipinski definition) is 2. The van der Waals surface area contributed by atoms with Crippen molar-refractivity contribution >= 4 is 5.96 Å². The molecule has 0 aromatic heterocycles. The zero-order valence-corrected chi connectivity index (χ0v) is 12.9. The predicted octanol–water partition coefficient (Wildman–Crippen LogP) is 1.83. The van der Waals surface area contributed by atoms with E-state index in [1.807, 2.05) is 6.07 Å². The Morgan fingerprint density at radius 3 is 2.76 bits per heavy atom. The highest BCUT2D eigenvalue weighted by atomic mass is 19.1. The second-order valence-corrected chi connectivity index (χ2v) is 5.68. The molecule has 1 saturated heterocycles. The van der Waals surface area contributed by atoms with Crippen LogP contribution >= 0.6 is 0 Å². The van der Waals surface area contributed by atoms with Crippen molar-refractivity contribution < 1.29 is 4.39 Å². The van der Waals surface area contributed by atoms with Crippen LogP contribution in [0.15, 0.2) is 29.3 Å². The van der Waals surface area contributed by atoms with Gasteiger partial charge < -0.3 is 15.5 Å². The number of halogens is 1. The zero-order chi connectivity index (χ0) is 15.1. The van der Waals surface area contributed by atoms with Crippen molar-refractivity contribution in [1.29, 1.82) is 0 Å². The summed E-state index contributed by atoms with van der Waals surface area (Å²) in [4.78, 5) is 6.58. The standard InChI is InChI=1S/C16H25FN4/c1-18-16(19-11-13-6-8-21(2)9-7-13)20-12-14-4-3-5-15(17)10-14/h3-5,10,13H,6-9,11-12H2,1-2H3,(H2,18,19,20). The summed E-state index contributed by atoms with van der Waals surface area (Å²) in [6.45, 7) is 3.85. The van der Waals surface area contributed by atoms with E-state index in [0.717, 1.165) is 18.1 Å². The molecule has 1 heterocycles. The first-order valence-electron chi connectivity index (χ1n) is 7.55. The third-order valence-corrected chi connectivity index (χ3v) is 3.97. The van der Waals surface area contributed by atoms with Gasteiger partial charge in [0, 0.05) is 20.1 Å². The summed E-state index contributed by atoms with van der Waals surface area (Å²) in [5, 5.41) is 6.59. The van der Waals surface area contributed by atoms with Crippen molar-refractivity contribution in [2.24, 2.45) is 10.9 Å². The van der Waals surface area contributed by atoms with Crippen LogP contribution in [0.5, 0.6) is 0 Å². The van der Waals surface area contributed by atoms with E-state index in [4.69, 9.17) is 0 Å². The first kappa shape index (κ1) is 15.8. The Kier molecular flexibility index (Phi) is 5.99. The van der Waals surface area contributed by atoms with Gasteiger partial charge in [0.15, 0.2) is 5.96 Å². The van der Waals surface area contributed by atoms with E-state index in [1.165, 1.54) is 38.1 Å². The minimum absolute atomic E-state index is 0.205. The van der Waals surface area contributed by atoms with Gasteiger partial charge in [0.2, 0.25) is 0 Å². The highest BCUT2D eigenvalue weighted by Gasteiger charge is 2.16. The fraction of sp³-hybridized carbons (Fsp3) is 0.562. The summed E-state index contributed by atoms with van der Waals surface area (Å²) in [5.74, 6) is 1.27. The van der Waals surface area contributed by atoms with Crippen LogP contribution in [-0.2, 0) is 6.54 Å². The normalized spacial score (nSPS) is 17.8. The summed E-state index contributed by atoms with van der Waals surface area (Å²) >= 11 is 0. The molecule has 1 aromatic carbocycles. The molecule has 0 aliphatic carbocycles. The smallest absolute Gasteiger partial charge is 0.191 e. The molecule has 1 aliphatic heterocycles. The number of hydrogen-bond donors (Lipinski definition) is 2. The lowest BCUT2D eigenvalue weighted by Gasteiger charge is -2.29. The molecule has 0 atom stereocenters. The number of likely N-dealkylation sites (tertiary alicyclic amines) is 1. The Balaban J connectivity index is 1.73. The SMILES string of the molecule is CN=C(NCc1cccc(F)c1)NCC1CCN(C)CC1. The number of piperidine rings is 1. The number of rotatable bonds is 4. The molecule has 2 N–H and O–H groups in total. The lowest BCUT2D eigenvalue weighted by atomic mass is 9.97. The molecular weight excluding hydrogens is 267 g/mol. The van der Waals surface area contributed by atoms with E-state index in [0.29, 0.717) is 12.5 Å². The van der Waals surface area contributed by atoms with Crippen LogP contribution in [0, 0.1) is 11.7 Å². The Labute approximate surface area is 126 Å². The minimum atomic E-state index is -0.205. The van der Waals surface area contributed by atoms with Crippen molar-refractivity contribution in [2.75, 3.05) is 33.7 Å². The van der Waals surface area contributed by atoms with Crippen molar-refractivity contribution in [3.63, 3.8) is 0 Å². The number of guanidine groups is 1. The van der Waals surface area contributed by atoms with Gasteiger partial charge in [-0.15, -0.1) is 0 Å². The van der Waals surface area contributed by atoms with Gasteiger partial charge in [-0.2, -0.15) is 0 Å². The second kappa shape index (κ2) is 7.98. The summed E-state index contributed by atoms with van der Waals surface area (Å²) in [6.07, 6.45) is 2.45. The Morgan fingerprint density at radius 2 is 2.10 bits per heavy atom. The van der Waals surface area contributed by atoms with Gasteiger partial charge >= 0.3 is 0 Å². The van der Waals surface area contributed by atoms with E-state index >= 15 is 0 Å². The van der Waals surface area contributed by atoms with E-state index in [2.05, 4.69) is 27.6 Å². The van der Waals surface area contributed by atoms with Crippen LogP contribution in [0.3, 0.4) is 0 Å². The molecule has 0 saturated carbocycles. The predicted molar refractivity (Wildman–Crippen MR) is 84.8 cm³/mol. The van der Waals surface area contributed by atoms with Crippen LogP contribution in [-0.4, -0.2) is 44.6 Å². The summed E-state index contributed by atoms with van der Waals surface area (Å²) in [7, 11) is 3.93. The average Bonchev–Trinajstić information content (AvgIpc) is 2.49. The molecule has 2 rings (SSSR count). The third kappa shape index (κ3) is 5.34. The van der Waals surface area contributed by atoms with E-state index in [-0.39, 0.29) is 5.82 Å². The average molecular weight is 292 g/mol. The fourth-order valence-corrected chi connectivity index (χ4v) is 2.56. The van der Waals surface area contributed by atoms with Gasteiger partial charge in [0.25, 0.3) is 0 Å². The molecule has 0 spiro atoms. The second-order valence-electron chi connectivity index (χ2n) is 5.68. The van der Waals surface area contributed by atoms with Crippen LogP contribution in [0.4, 0.5) is 4.39 Å². The number of nitrogens with zero attached hydrogens (tertiary/aromatic N) is 2. The molecule has 116 valence electrons. The fourth-order valence-electron chi connectivity index (χ4n) is 2.56. The summed E-state index contributed by atoms with van der Waals surface area (Å²) in [5.41, 5.74) is 0.914. The molecule has 0 amide bonds. The maximum Gasteiger partial charge on any atom is 0.191 e. The Morgan fingerprint density at radius 1 is 1.33 bits per heavy atom. The molecule has 5 heteroatoms. The van der Waals surface area contributed by atoms with Gasteiger partial charge in [-0.05, 0) is 56.6 Å². The minimum Gasteiger partial charge on any atom is -0.356 e. The first-order valence-corrected chi connectivity index (χ1v) is 7.55. The van der Waals surface area contributed by atoms with Crippen LogP contribution in [0.25, 0.3) is 0 Å². The van der Waals surface area contributed by atoms with Gasteiger partial charge in [-0.3, -0.25) is 4.99 Å². The summed E-state index contributed by atoms with van der Waals surface area (Å²) < 4.78 is 13.1. The molecule has 21 heavy (non-hydrogen) atoms. The maximum atomic E-state index is 13.1. The lowest BCUT2D eigenvalue weighted by Crippen LogP contribution is -2.42. The molecular formula is C16H25FN4. The van der Waals surface area contributed by atoms with E-state index < -0.39 is 0 Å². The maximum absolute atomic E-state index is 13.1. The van der Waals surface area contributed by atoms with E-state index in [9.17, 15) is 4.39 Å². The molecule has 0 unspecified atom stereocenters. The van der Waals surface area contributed by atoms with Crippen LogP contribution < -0.4 is 10.6 Å². The van der Waals surface area contributed by atoms with Crippen molar-refractivity contribution in [1.82, 2.24) is 15.5 Å². The highest BCUT2D eigenvalue weighted by Crippen LogP contribution is 2.14. The molecule has 0 bridgehead atoms. The van der Waals surface area contributed by atoms with Crippen molar-refractivity contribution in [2.45, 2.75) is 19.4 Å². The Bertz CT molecular complexity index is 467. The first-order chi connectivity index (χ1) is 10.2. The number of aliphatic imine (C=N–C) groups is 1. The molecule has 4 nitrogen and oxygen atoms in total. The topological polar surface area (TPSA) is 39.7 Å². The quantitative estimate of drug-likeness (QED) is 0.657. The van der Waals surface area contributed by atoms with Crippen LogP contribution in [0.1, 0.15) is 18.4 Å². The molecule has 1 fully saturated rings. The zero-order valence-electron chi connectivity index (χ0n) is 12.9. The van der Waals surface area contributed by atoms with Crippen molar-refractivity contribution in [3.05, 3.63) is 35.6 Å². The largest absolute Gasteiger partial charge is 0.356 e. The van der Waals surface area contributed by atoms with Gasteiger partial charge in [0.1, 0.15) is 5.82 Å². The monoisotopic (exact) mass is 292 g/mol. The number of nitrogens with one attached hydrogen (secondary N) is 2. The highest BCUT2D eigenvalue weighted by molar-refractivity contribution is 5.79.